The number of hydrogen-bond donors (Lipinski definition) is 0. The maximum absolute atomic E-state index is 12.4. The summed E-state index contributed by atoms with van der Waals surface area (Å²) >= 11 is 5.85. The third-order valence-electron chi connectivity index (χ3n) is 3.91. The lowest BCUT2D eigenvalue weighted by atomic mass is 9.89. The van der Waals surface area contributed by atoms with E-state index < -0.39 is 5.92 Å². The number of benzene rings is 3. The summed E-state index contributed by atoms with van der Waals surface area (Å²) in [6.07, 6.45) is 0.159. The summed E-state index contributed by atoms with van der Waals surface area (Å²) in [6, 6.07) is 22.8. The topological polar surface area (TPSA) is 40.9 Å². The van der Waals surface area contributed by atoms with Gasteiger partial charge in [-0.05, 0) is 40.6 Å². The van der Waals surface area contributed by atoms with Crippen LogP contribution in [0.15, 0.2) is 66.7 Å². The normalized spacial score (nSPS) is 11.8. The summed E-state index contributed by atoms with van der Waals surface area (Å²) in [5, 5.41) is 12.2. The first-order valence-corrected chi connectivity index (χ1v) is 7.73. The van der Waals surface area contributed by atoms with Gasteiger partial charge in [0.1, 0.15) is 0 Å². The summed E-state index contributed by atoms with van der Waals surface area (Å²) in [6.45, 7) is 0. The van der Waals surface area contributed by atoms with Crippen LogP contribution in [0.1, 0.15) is 28.3 Å². The lowest BCUT2D eigenvalue weighted by Gasteiger charge is -2.12. The van der Waals surface area contributed by atoms with Crippen LogP contribution in [-0.2, 0) is 0 Å². The molecule has 2 nitrogen and oxygen atoms in total. The van der Waals surface area contributed by atoms with E-state index in [0.717, 1.165) is 16.3 Å². The number of halogens is 1. The Bertz CT molecular complexity index is 888. The summed E-state index contributed by atoms with van der Waals surface area (Å²) in [7, 11) is 0. The van der Waals surface area contributed by atoms with Gasteiger partial charge < -0.3 is 0 Å². The SMILES string of the molecule is N#CC(CC(=O)c1ccc(Cl)cc1)c1cccc2ccccc12. The van der Waals surface area contributed by atoms with Gasteiger partial charge in [0.05, 0.1) is 12.0 Å². The average Bonchev–Trinajstić information content (AvgIpc) is 2.59. The van der Waals surface area contributed by atoms with Crippen molar-refractivity contribution in [3.63, 3.8) is 0 Å². The molecule has 3 heteroatoms. The van der Waals surface area contributed by atoms with Gasteiger partial charge in [-0.2, -0.15) is 5.26 Å². The van der Waals surface area contributed by atoms with Gasteiger partial charge in [0.2, 0.25) is 0 Å². The van der Waals surface area contributed by atoms with Crippen molar-refractivity contribution >= 4 is 28.2 Å². The summed E-state index contributed by atoms with van der Waals surface area (Å²) in [5.41, 5.74) is 1.47. The van der Waals surface area contributed by atoms with Gasteiger partial charge in [-0.15, -0.1) is 0 Å². The lowest BCUT2D eigenvalue weighted by Crippen LogP contribution is -2.06. The van der Waals surface area contributed by atoms with E-state index in [-0.39, 0.29) is 12.2 Å². The molecule has 0 saturated carbocycles. The van der Waals surface area contributed by atoms with Crippen molar-refractivity contribution in [2.24, 2.45) is 0 Å². The van der Waals surface area contributed by atoms with Crippen LogP contribution < -0.4 is 0 Å². The van der Waals surface area contributed by atoms with E-state index in [9.17, 15) is 10.1 Å². The van der Waals surface area contributed by atoms with Crippen molar-refractivity contribution < 1.29 is 4.79 Å². The molecule has 1 unspecified atom stereocenters. The first-order chi connectivity index (χ1) is 11.2. The molecule has 0 bridgehead atoms. The molecule has 3 rings (SSSR count). The van der Waals surface area contributed by atoms with E-state index in [2.05, 4.69) is 6.07 Å². The number of carbonyl (C=O) groups is 1. The minimum atomic E-state index is -0.468. The largest absolute Gasteiger partial charge is 0.294 e. The summed E-state index contributed by atoms with van der Waals surface area (Å²) in [4.78, 5) is 12.4. The molecule has 112 valence electrons. The third-order valence-corrected chi connectivity index (χ3v) is 4.16. The highest BCUT2D eigenvalue weighted by Crippen LogP contribution is 2.28. The number of nitrogens with zero attached hydrogens (tertiary/aromatic N) is 1. The van der Waals surface area contributed by atoms with Crippen molar-refractivity contribution in [2.45, 2.75) is 12.3 Å². The van der Waals surface area contributed by atoms with Gasteiger partial charge in [-0.3, -0.25) is 4.79 Å². The maximum Gasteiger partial charge on any atom is 0.164 e. The second kappa shape index (κ2) is 6.64. The molecular formula is C20H14ClNO. The highest BCUT2D eigenvalue weighted by atomic mass is 35.5. The molecule has 0 aliphatic heterocycles. The van der Waals surface area contributed by atoms with E-state index in [1.165, 1.54) is 0 Å². The van der Waals surface area contributed by atoms with E-state index in [0.29, 0.717) is 10.6 Å². The number of rotatable bonds is 4. The number of ketones is 1. The fourth-order valence-corrected chi connectivity index (χ4v) is 2.84. The van der Waals surface area contributed by atoms with Crippen LogP contribution in [0.3, 0.4) is 0 Å². The Kier molecular flexibility index (Phi) is 4.41. The fourth-order valence-electron chi connectivity index (χ4n) is 2.72. The number of fused-ring (bicyclic) bond motifs is 1. The molecule has 0 saturated heterocycles. The first-order valence-electron chi connectivity index (χ1n) is 7.35. The minimum Gasteiger partial charge on any atom is -0.294 e. The van der Waals surface area contributed by atoms with Gasteiger partial charge >= 0.3 is 0 Å². The lowest BCUT2D eigenvalue weighted by molar-refractivity contribution is 0.0979. The smallest absolute Gasteiger partial charge is 0.164 e. The van der Waals surface area contributed by atoms with Crippen LogP contribution in [0.25, 0.3) is 10.8 Å². The summed E-state index contributed by atoms with van der Waals surface area (Å²) in [5.74, 6) is -0.523. The second-order valence-corrected chi connectivity index (χ2v) is 5.82. The molecule has 0 heterocycles. The molecule has 0 spiro atoms. The minimum absolute atomic E-state index is 0.0545. The van der Waals surface area contributed by atoms with Gasteiger partial charge in [0.25, 0.3) is 0 Å². The Morgan fingerprint density at radius 2 is 1.70 bits per heavy atom. The highest BCUT2D eigenvalue weighted by Gasteiger charge is 2.18. The fraction of sp³-hybridized carbons (Fsp3) is 0.100. The van der Waals surface area contributed by atoms with Gasteiger partial charge in [-0.25, -0.2) is 0 Å². The van der Waals surface area contributed by atoms with Gasteiger partial charge in [0, 0.05) is 17.0 Å². The third kappa shape index (κ3) is 3.26. The monoisotopic (exact) mass is 319 g/mol. The molecule has 0 aliphatic rings. The number of nitriles is 1. The molecule has 3 aromatic carbocycles. The molecule has 1 atom stereocenters. The van der Waals surface area contributed by atoms with Gasteiger partial charge in [0.15, 0.2) is 5.78 Å². The molecule has 0 fully saturated rings. The number of Topliss-reactive ketones (excluding diaryl/α,β-unsaturated/α-hetero) is 1. The van der Waals surface area contributed by atoms with Crippen molar-refractivity contribution in [1.82, 2.24) is 0 Å². The molecular weight excluding hydrogens is 306 g/mol. The molecule has 23 heavy (non-hydrogen) atoms. The van der Waals surface area contributed by atoms with Gasteiger partial charge in [-0.1, -0.05) is 54.1 Å². The molecule has 0 amide bonds. The van der Waals surface area contributed by atoms with Crippen LogP contribution in [0.2, 0.25) is 5.02 Å². The molecule has 0 N–H and O–H groups in total. The van der Waals surface area contributed by atoms with Crippen LogP contribution in [0.5, 0.6) is 0 Å². The summed E-state index contributed by atoms with van der Waals surface area (Å²) < 4.78 is 0. The first kappa shape index (κ1) is 15.3. The van der Waals surface area contributed by atoms with Crippen LogP contribution in [-0.4, -0.2) is 5.78 Å². The Morgan fingerprint density at radius 1 is 1.00 bits per heavy atom. The maximum atomic E-state index is 12.4. The quantitative estimate of drug-likeness (QED) is 0.606. The van der Waals surface area contributed by atoms with E-state index in [4.69, 9.17) is 11.6 Å². The predicted octanol–water partition coefficient (Wildman–Crippen LogP) is 5.37. The Hall–Kier alpha value is -2.63. The van der Waals surface area contributed by atoms with E-state index in [1.807, 2.05) is 42.5 Å². The van der Waals surface area contributed by atoms with E-state index in [1.54, 1.807) is 24.3 Å². The highest BCUT2D eigenvalue weighted by molar-refractivity contribution is 6.30. The van der Waals surface area contributed by atoms with Crippen molar-refractivity contribution in [1.29, 1.82) is 5.26 Å². The van der Waals surface area contributed by atoms with Crippen molar-refractivity contribution in [3.8, 4) is 6.07 Å². The van der Waals surface area contributed by atoms with Crippen molar-refractivity contribution in [3.05, 3.63) is 82.9 Å². The zero-order valence-electron chi connectivity index (χ0n) is 12.4. The average molecular weight is 320 g/mol. The Morgan fingerprint density at radius 3 is 2.43 bits per heavy atom. The zero-order chi connectivity index (χ0) is 16.2. The Labute approximate surface area is 139 Å². The number of hydrogen-bond acceptors (Lipinski definition) is 2. The molecule has 0 aliphatic carbocycles. The molecule has 0 radical (unpaired) electrons. The molecule has 0 aromatic heterocycles. The van der Waals surface area contributed by atoms with Crippen molar-refractivity contribution in [2.75, 3.05) is 0 Å². The number of carbonyl (C=O) groups excluding carboxylic acids is 1. The second-order valence-electron chi connectivity index (χ2n) is 5.38. The van der Waals surface area contributed by atoms with Crippen LogP contribution in [0.4, 0.5) is 0 Å². The standard InChI is InChI=1S/C20H14ClNO/c21-17-10-8-15(9-11-17)20(23)12-16(13-22)19-7-3-5-14-4-1-2-6-18(14)19/h1-11,16H,12H2. The van der Waals surface area contributed by atoms with Crippen LogP contribution in [0, 0.1) is 11.3 Å². The predicted molar refractivity (Wildman–Crippen MR) is 92.7 cm³/mol. The zero-order valence-corrected chi connectivity index (χ0v) is 13.1. The van der Waals surface area contributed by atoms with E-state index >= 15 is 0 Å². The van der Waals surface area contributed by atoms with Crippen LogP contribution >= 0.6 is 11.6 Å². The molecule has 3 aromatic rings. The Balaban J connectivity index is 1.92.